The smallest absolute Gasteiger partial charge is 0.328 e. The standard InChI is InChI=1S/C20H36N6O9/c1-10(27)16(20(34)35)26-19(33)12(4-2-3-9-21)25-18(32)13(6-8-15(29)30)24-17(31)11(22)5-7-14(23)28/h10-13,16,27H,2-9,21-22H2,1H3,(H2,23,28)(H,24,31)(H,25,32)(H,26,33)(H,29,30)(H,34,35). The van der Waals surface area contributed by atoms with E-state index in [-0.39, 0.29) is 25.7 Å². The van der Waals surface area contributed by atoms with Crippen LogP contribution in [0.3, 0.4) is 0 Å². The summed E-state index contributed by atoms with van der Waals surface area (Å²) >= 11 is 0. The Hall–Kier alpha value is -3.30. The van der Waals surface area contributed by atoms with E-state index >= 15 is 0 Å². The van der Waals surface area contributed by atoms with Gasteiger partial charge in [0.1, 0.15) is 12.1 Å². The normalized spacial score (nSPS) is 15.1. The molecule has 0 aliphatic heterocycles. The van der Waals surface area contributed by atoms with Crippen LogP contribution < -0.4 is 33.2 Å². The van der Waals surface area contributed by atoms with E-state index in [1.54, 1.807) is 0 Å². The lowest BCUT2D eigenvalue weighted by Crippen LogP contribution is -2.58. The first-order valence-electron chi connectivity index (χ1n) is 11.1. The fourth-order valence-electron chi connectivity index (χ4n) is 2.92. The molecule has 0 aromatic heterocycles. The Labute approximate surface area is 202 Å². The van der Waals surface area contributed by atoms with Crippen LogP contribution in [0.4, 0.5) is 0 Å². The number of nitrogens with one attached hydrogen (secondary N) is 3. The molecule has 0 saturated carbocycles. The first kappa shape index (κ1) is 31.7. The van der Waals surface area contributed by atoms with E-state index < -0.39 is 72.3 Å². The zero-order chi connectivity index (χ0) is 27.1. The summed E-state index contributed by atoms with van der Waals surface area (Å²) in [5, 5.41) is 34.6. The third-order valence-corrected chi connectivity index (χ3v) is 4.94. The predicted octanol–water partition coefficient (Wildman–Crippen LogP) is -3.51. The molecule has 15 nitrogen and oxygen atoms in total. The number of aliphatic hydroxyl groups is 1. The van der Waals surface area contributed by atoms with Crippen LogP contribution in [0, 0.1) is 0 Å². The minimum atomic E-state index is -1.64. The molecule has 0 bridgehead atoms. The molecular formula is C20H36N6O9. The molecule has 200 valence electrons. The van der Waals surface area contributed by atoms with Crippen molar-refractivity contribution in [1.29, 1.82) is 0 Å². The van der Waals surface area contributed by atoms with Gasteiger partial charge in [0.05, 0.1) is 12.1 Å². The third kappa shape index (κ3) is 13.2. The monoisotopic (exact) mass is 504 g/mol. The number of carbonyl (C=O) groups is 6. The maximum atomic E-state index is 12.9. The summed E-state index contributed by atoms with van der Waals surface area (Å²) < 4.78 is 0. The van der Waals surface area contributed by atoms with Crippen molar-refractivity contribution >= 4 is 35.6 Å². The number of carboxylic acids is 2. The molecule has 0 aromatic carbocycles. The van der Waals surface area contributed by atoms with Gasteiger partial charge in [-0.1, -0.05) is 0 Å². The van der Waals surface area contributed by atoms with Gasteiger partial charge in [-0.3, -0.25) is 24.0 Å². The van der Waals surface area contributed by atoms with Crippen molar-refractivity contribution in [2.24, 2.45) is 17.2 Å². The van der Waals surface area contributed by atoms with Crippen LogP contribution in [0.1, 0.15) is 51.9 Å². The van der Waals surface area contributed by atoms with Gasteiger partial charge < -0.3 is 48.5 Å². The molecule has 0 aliphatic rings. The first-order valence-corrected chi connectivity index (χ1v) is 11.1. The second kappa shape index (κ2) is 16.3. The van der Waals surface area contributed by atoms with Crippen molar-refractivity contribution in [3.8, 4) is 0 Å². The van der Waals surface area contributed by atoms with Crippen molar-refractivity contribution in [3.63, 3.8) is 0 Å². The van der Waals surface area contributed by atoms with Crippen LogP contribution in [0.15, 0.2) is 0 Å². The number of carboxylic acid groups (broad SMARTS) is 2. The van der Waals surface area contributed by atoms with E-state index in [0.717, 1.165) is 0 Å². The summed E-state index contributed by atoms with van der Waals surface area (Å²) in [6, 6.07) is -5.49. The number of aliphatic hydroxyl groups excluding tert-OH is 1. The lowest BCUT2D eigenvalue weighted by atomic mass is 10.0. The van der Waals surface area contributed by atoms with Gasteiger partial charge in [-0.05, 0) is 45.6 Å². The average Bonchev–Trinajstić information content (AvgIpc) is 2.76. The Morgan fingerprint density at radius 1 is 0.800 bits per heavy atom. The number of amides is 4. The van der Waals surface area contributed by atoms with Crippen LogP contribution >= 0.6 is 0 Å². The molecule has 35 heavy (non-hydrogen) atoms. The molecule has 0 fully saturated rings. The van der Waals surface area contributed by atoms with Crippen LogP contribution in [0.2, 0.25) is 0 Å². The van der Waals surface area contributed by atoms with Crippen LogP contribution in [-0.2, 0) is 28.8 Å². The fourth-order valence-corrected chi connectivity index (χ4v) is 2.92. The highest BCUT2D eigenvalue weighted by Crippen LogP contribution is 2.06. The van der Waals surface area contributed by atoms with Gasteiger partial charge in [0.25, 0.3) is 0 Å². The van der Waals surface area contributed by atoms with E-state index in [1.165, 1.54) is 6.92 Å². The maximum absolute atomic E-state index is 12.9. The topological polar surface area (TPSA) is 277 Å². The van der Waals surface area contributed by atoms with E-state index in [1.807, 2.05) is 0 Å². The van der Waals surface area contributed by atoms with Gasteiger partial charge in [0.2, 0.25) is 23.6 Å². The maximum Gasteiger partial charge on any atom is 0.328 e. The predicted molar refractivity (Wildman–Crippen MR) is 121 cm³/mol. The first-order chi connectivity index (χ1) is 16.3. The summed E-state index contributed by atoms with van der Waals surface area (Å²) in [6.07, 6.45) is -1.62. The van der Waals surface area contributed by atoms with Crippen molar-refractivity contribution in [2.75, 3.05) is 6.54 Å². The van der Waals surface area contributed by atoms with Gasteiger partial charge in [-0.25, -0.2) is 4.79 Å². The highest BCUT2D eigenvalue weighted by atomic mass is 16.4. The lowest BCUT2D eigenvalue weighted by molar-refractivity contribution is -0.145. The highest BCUT2D eigenvalue weighted by molar-refractivity contribution is 5.94. The molecule has 4 amide bonds. The molecule has 5 unspecified atom stereocenters. The van der Waals surface area contributed by atoms with Gasteiger partial charge in [0, 0.05) is 12.8 Å². The third-order valence-electron chi connectivity index (χ3n) is 4.94. The van der Waals surface area contributed by atoms with Crippen molar-refractivity contribution in [1.82, 2.24) is 16.0 Å². The Kier molecular flexibility index (Phi) is 14.8. The van der Waals surface area contributed by atoms with E-state index in [4.69, 9.17) is 22.3 Å². The summed E-state index contributed by atoms with van der Waals surface area (Å²) in [6.45, 7) is 1.47. The zero-order valence-electron chi connectivity index (χ0n) is 19.6. The average molecular weight is 505 g/mol. The Bertz CT molecular complexity index is 761. The molecule has 0 radical (unpaired) electrons. The molecule has 0 spiro atoms. The number of rotatable bonds is 18. The number of aliphatic carboxylic acids is 2. The SMILES string of the molecule is CC(O)C(NC(=O)C(CCCCN)NC(=O)C(CCC(=O)O)NC(=O)C(N)CCC(N)=O)C(=O)O. The number of nitrogens with two attached hydrogens (primary N) is 3. The number of hydrogen-bond acceptors (Lipinski definition) is 9. The Morgan fingerprint density at radius 3 is 1.83 bits per heavy atom. The summed E-state index contributed by atoms with van der Waals surface area (Å²) in [5.74, 6) is -6.05. The second-order valence-corrected chi connectivity index (χ2v) is 8.02. The number of hydrogen-bond donors (Lipinski definition) is 9. The van der Waals surface area contributed by atoms with Crippen molar-refractivity contribution in [3.05, 3.63) is 0 Å². The van der Waals surface area contributed by atoms with E-state index in [9.17, 15) is 39.0 Å². The van der Waals surface area contributed by atoms with Crippen LogP contribution in [-0.4, -0.2) is 87.7 Å². The van der Waals surface area contributed by atoms with Crippen molar-refractivity contribution in [2.45, 2.75) is 82.1 Å². The number of primary amides is 1. The molecule has 0 heterocycles. The van der Waals surface area contributed by atoms with Crippen LogP contribution in [0.25, 0.3) is 0 Å². The van der Waals surface area contributed by atoms with Crippen LogP contribution in [0.5, 0.6) is 0 Å². The second-order valence-electron chi connectivity index (χ2n) is 8.02. The molecule has 15 heteroatoms. The van der Waals surface area contributed by atoms with Gasteiger partial charge in [-0.15, -0.1) is 0 Å². The van der Waals surface area contributed by atoms with Gasteiger partial charge in [-0.2, -0.15) is 0 Å². The quantitative estimate of drug-likeness (QED) is 0.0825. The highest BCUT2D eigenvalue weighted by Gasteiger charge is 2.31. The number of carbonyl (C=O) groups excluding carboxylic acids is 4. The fraction of sp³-hybridized carbons (Fsp3) is 0.700. The van der Waals surface area contributed by atoms with Gasteiger partial charge in [0.15, 0.2) is 6.04 Å². The summed E-state index contributed by atoms with van der Waals surface area (Å²) in [7, 11) is 0. The Balaban J connectivity index is 5.55. The largest absolute Gasteiger partial charge is 0.481 e. The molecule has 0 aliphatic carbocycles. The molecule has 5 atom stereocenters. The minimum absolute atomic E-state index is 0.0542. The molecule has 0 aromatic rings. The lowest BCUT2D eigenvalue weighted by Gasteiger charge is -2.25. The van der Waals surface area contributed by atoms with Crippen molar-refractivity contribution < 1.29 is 44.1 Å². The molecular weight excluding hydrogens is 468 g/mol. The van der Waals surface area contributed by atoms with E-state index in [0.29, 0.717) is 19.4 Å². The summed E-state index contributed by atoms with van der Waals surface area (Å²) in [5.41, 5.74) is 16.2. The molecule has 12 N–H and O–H groups in total. The summed E-state index contributed by atoms with van der Waals surface area (Å²) in [4.78, 5) is 71.1. The molecule has 0 saturated heterocycles. The molecule has 0 rings (SSSR count). The van der Waals surface area contributed by atoms with Gasteiger partial charge >= 0.3 is 11.9 Å². The van der Waals surface area contributed by atoms with E-state index in [2.05, 4.69) is 16.0 Å². The zero-order valence-corrected chi connectivity index (χ0v) is 19.6. The minimum Gasteiger partial charge on any atom is -0.481 e. The number of unbranched alkanes of at least 4 members (excludes halogenated alkanes) is 1. The Morgan fingerprint density at radius 2 is 1.34 bits per heavy atom.